The molecule has 0 amide bonds. The molecule has 3 aromatic rings. The van der Waals surface area contributed by atoms with Crippen LogP contribution in [0.25, 0.3) is 0 Å². The molecule has 1 N–H and O–H groups in total. The van der Waals surface area contributed by atoms with Crippen LogP contribution >= 0.6 is 63.7 Å². The molecule has 0 atom stereocenters. The van der Waals surface area contributed by atoms with E-state index in [9.17, 15) is 14.4 Å². The van der Waals surface area contributed by atoms with Crippen LogP contribution in [0.2, 0.25) is 0 Å². The number of hydrogen-bond donors (Lipinski definition) is 1. The van der Waals surface area contributed by atoms with Gasteiger partial charge in [-0.3, -0.25) is 0 Å². The minimum atomic E-state index is -0.884. The molecule has 0 saturated heterocycles. The summed E-state index contributed by atoms with van der Waals surface area (Å²) < 4.78 is 9.27. The molecular formula is C29H30Br4O6. The molecule has 210 valence electrons. The molecule has 0 spiro atoms. The number of rotatable bonds is 7. The summed E-state index contributed by atoms with van der Waals surface area (Å²) in [4.78, 5) is 33.1. The highest BCUT2D eigenvalue weighted by atomic mass is 79.9. The molecule has 0 fully saturated rings. The molecule has 6 nitrogen and oxygen atoms in total. The van der Waals surface area contributed by atoms with Gasteiger partial charge in [-0.2, -0.15) is 0 Å². The van der Waals surface area contributed by atoms with Gasteiger partial charge >= 0.3 is 17.9 Å². The van der Waals surface area contributed by atoms with Gasteiger partial charge in [0.25, 0.3) is 0 Å². The lowest BCUT2D eigenvalue weighted by molar-refractivity contribution is 0.0591. The second-order valence-electron chi connectivity index (χ2n) is 8.28. The zero-order valence-corrected chi connectivity index (χ0v) is 28.4. The van der Waals surface area contributed by atoms with Gasteiger partial charge in [0.15, 0.2) is 0 Å². The summed E-state index contributed by atoms with van der Waals surface area (Å²) in [6, 6.07) is 16.7. The van der Waals surface area contributed by atoms with Gasteiger partial charge < -0.3 is 14.6 Å². The van der Waals surface area contributed by atoms with Gasteiger partial charge in [0.1, 0.15) is 0 Å². The molecule has 0 aliphatic carbocycles. The van der Waals surface area contributed by atoms with Crippen LogP contribution in [0.1, 0.15) is 64.5 Å². The van der Waals surface area contributed by atoms with Crippen molar-refractivity contribution in [3.8, 4) is 0 Å². The number of hydrogen-bond acceptors (Lipinski definition) is 5. The van der Waals surface area contributed by atoms with Crippen molar-refractivity contribution in [3.63, 3.8) is 0 Å². The average molecular weight is 794 g/mol. The zero-order chi connectivity index (χ0) is 29.5. The van der Waals surface area contributed by atoms with Crippen molar-refractivity contribution < 1.29 is 29.0 Å². The lowest BCUT2D eigenvalue weighted by atomic mass is 10.1. The fourth-order valence-corrected chi connectivity index (χ4v) is 4.70. The molecule has 0 bridgehead atoms. The molecular weight excluding hydrogens is 764 g/mol. The van der Waals surface area contributed by atoms with E-state index >= 15 is 0 Å². The minimum Gasteiger partial charge on any atom is -0.478 e. The van der Waals surface area contributed by atoms with E-state index in [0.29, 0.717) is 27.4 Å². The fourth-order valence-electron chi connectivity index (χ4n) is 3.40. The normalized spacial score (nSPS) is 9.85. The van der Waals surface area contributed by atoms with Crippen molar-refractivity contribution in [1.82, 2.24) is 0 Å². The van der Waals surface area contributed by atoms with Crippen LogP contribution in [0, 0.1) is 13.8 Å². The summed E-state index contributed by atoms with van der Waals surface area (Å²) in [6.45, 7) is 3.92. The molecule has 0 saturated carbocycles. The number of alkyl halides is 4. The van der Waals surface area contributed by atoms with Gasteiger partial charge in [-0.15, -0.1) is 0 Å². The first-order valence-electron chi connectivity index (χ1n) is 11.5. The van der Waals surface area contributed by atoms with Gasteiger partial charge in [0.05, 0.1) is 30.9 Å². The van der Waals surface area contributed by atoms with Crippen LogP contribution < -0.4 is 0 Å². The van der Waals surface area contributed by atoms with Crippen LogP contribution in [0.5, 0.6) is 0 Å². The Morgan fingerprint density at radius 1 is 0.564 bits per heavy atom. The molecule has 0 aromatic heterocycles. The van der Waals surface area contributed by atoms with Crippen LogP contribution in [-0.2, 0) is 30.8 Å². The molecule has 0 aliphatic heterocycles. The third-order valence-corrected chi connectivity index (χ3v) is 7.62. The first-order valence-corrected chi connectivity index (χ1v) is 16.0. The summed E-state index contributed by atoms with van der Waals surface area (Å²) in [6.07, 6.45) is 0. The second kappa shape index (κ2) is 18.4. The molecule has 3 aromatic carbocycles. The molecule has 10 heteroatoms. The first kappa shape index (κ1) is 35.0. The fraction of sp³-hybridized carbons (Fsp3) is 0.276. The van der Waals surface area contributed by atoms with Crippen molar-refractivity contribution >= 4 is 81.6 Å². The number of carboxylic acids is 1. The van der Waals surface area contributed by atoms with E-state index in [2.05, 4.69) is 73.2 Å². The van der Waals surface area contributed by atoms with E-state index in [1.54, 1.807) is 12.1 Å². The Bertz CT molecular complexity index is 1210. The molecule has 0 unspecified atom stereocenters. The number of carboxylic acid groups (broad SMARTS) is 1. The highest BCUT2D eigenvalue weighted by Crippen LogP contribution is 2.17. The third kappa shape index (κ3) is 12.4. The zero-order valence-electron chi connectivity index (χ0n) is 22.0. The van der Waals surface area contributed by atoms with Crippen LogP contribution in [0.3, 0.4) is 0 Å². The van der Waals surface area contributed by atoms with Gasteiger partial charge in [-0.25, -0.2) is 14.4 Å². The highest BCUT2D eigenvalue weighted by molar-refractivity contribution is 9.09. The number of carbonyl (C=O) groups is 3. The summed E-state index contributed by atoms with van der Waals surface area (Å²) in [5.74, 6) is -1.46. The van der Waals surface area contributed by atoms with Crippen LogP contribution in [0.15, 0.2) is 54.6 Å². The number of carbonyl (C=O) groups excluding carboxylic acids is 2. The van der Waals surface area contributed by atoms with E-state index in [1.807, 2.05) is 56.3 Å². The number of aryl methyl sites for hydroxylation is 2. The Labute approximate surface area is 263 Å². The summed E-state index contributed by atoms with van der Waals surface area (Å²) >= 11 is 13.3. The highest BCUT2D eigenvalue weighted by Gasteiger charge is 2.08. The molecule has 0 aliphatic rings. The topological polar surface area (TPSA) is 89.9 Å². The molecule has 39 heavy (non-hydrogen) atoms. The third-order valence-electron chi connectivity index (χ3n) is 5.03. The summed E-state index contributed by atoms with van der Waals surface area (Å²) in [7, 11) is 2.77. The van der Waals surface area contributed by atoms with E-state index < -0.39 is 5.97 Å². The second-order valence-corrected chi connectivity index (χ2v) is 10.5. The van der Waals surface area contributed by atoms with Crippen molar-refractivity contribution in [2.75, 3.05) is 14.2 Å². The van der Waals surface area contributed by atoms with Gasteiger partial charge in [-0.05, 0) is 72.5 Å². The lowest BCUT2D eigenvalue weighted by Gasteiger charge is -2.04. The Morgan fingerprint density at radius 2 is 0.872 bits per heavy atom. The number of aromatic carboxylic acids is 1. The van der Waals surface area contributed by atoms with Crippen molar-refractivity contribution in [2.24, 2.45) is 0 Å². The maximum Gasteiger partial charge on any atom is 0.337 e. The Balaban J connectivity index is 0.000000293. The Morgan fingerprint density at radius 3 is 1.15 bits per heavy atom. The average Bonchev–Trinajstić information content (AvgIpc) is 2.95. The van der Waals surface area contributed by atoms with E-state index in [4.69, 9.17) is 5.11 Å². The van der Waals surface area contributed by atoms with E-state index in [1.165, 1.54) is 14.2 Å². The molecule has 0 radical (unpaired) electrons. The molecule has 0 heterocycles. The Kier molecular flexibility index (Phi) is 16.5. The number of benzene rings is 3. The maximum atomic E-state index is 11.3. The van der Waals surface area contributed by atoms with Crippen LogP contribution in [0.4, 0.5) is 0 Å². The predicted octanol–water partition coefficient (Wildman–Crippen LogP) is 8.53. The monoisotopic (exact) mass is 790 g/mol. The number of halogens is 4. The van der Waals surface area contributed by atoms with Crippen molar-refractivity contribution in [3.05, 3.63) is 105 Å². The van der Waals surface area contributed by atoms with E-state index in [-0.39, 0.29) is 11.9 Å². The quantitative estimate of drug-likeness (QED) is 0.191. The van der Waals surface area contributed by atoms with Gasteiger partial charge in [-0.1, -0.05) is 93.0 Å². The smallest absolute Gasteiger partial charge is 0.337 e. The lowest BCUT2D eigenvalue weighted by Crippen LogP contribution is -2.02. The number of esters is 2. The number of methoxy groups -OCH3 is 2. The first-order chi connectivity index (χ1) is 18.5. The SMILES string of the molecule is COC(=O)c1cc(C)cc(C)c1.COC(=O)c1cc(CBr)cc(CBr)c1.O=C(O)c1cc(CBr)cc(CBr)c1. The number of ether oxygens (including phenoxy) is 2. The largest absolute Gasteiger partial charge is 0.478 e. The van der Waals surface area contributed by atoms with Crippen molar-refractivity contribution in [1.29, 1.82) is 0 Å². The van der Waals surface area contributed by atoms with Gasteiger partial charge in [0.2, 0.25) is 0 Å². The predicted molar refractivity (Wildman–Crippen MR) is 169 cm³/mol. The molecule has 3 rings (SSSR count). The van der Waals surface area contributed by atoms with Crippen LogP contribution in [-0.4, -0.2) is 37.2 Å². The Hall–Kier alpha value is -2.01. The summed E-state index contributed by atoms with van der Waals surface area (Å²) in [5.41, 5.74) is 7.82. The summed E-state index contributed by atoms with van der Waals surface area (Å²) in [5, 5.41) is 11.6. The van der Waals surface area contributed by atoms with Gasteiger partial charge in [0, 0.05) is 21.3 Å². The minimum absolute atomic E-state index is 0.276. The maximum absolute atomic E-state index is 11.3. The standard InChI is InChI=1S/C10H10Br2O2.C10H12O2.C9H8Br2O2/c1-14-10(13)9-3-7(5-11)2-8(4-9)6-12;1-7-4-8(2)6-9(5-7)10(11)12-3;10-4-6-1-7(5-11)3-8(2-6)9(12)13/h2-4H,5-6H2,1H3;4-6H,1-3H3;1-3H,4-5H2,(H,12,13). The van der Waals surface area contributed by atoms with Crippen molar-refractivity contribution in [2.45, 2.75) is 35.2 Å². The van der Waals surface area contributed by atoms with E-state index in [0.717, 1.165) is 44.0 Å².